The van der Waals surface area contributed by atoms with E-state index in [-0.39, 0.29) is 17.7 Å². The number of hydrogen-bond acceptors (Lipinski definition) is 2. The lowest BCUT2D eigenvalue weighted by molar-refractivity contribution is 0.624. The molecule has 2 aromatic rings. The van der Waals surface area contributed by atoms with Crippen LogP contribution in [0.2, 0.25) is 0 Å². The van der Waals surface area contributed by atoms with Gasteiger partial charge in [0.15, 0.2) is 0 Å². The average Bonchev–Trinajstić information content (AvgIpc) is 2.39. The third-order valence-electron chi connectivity index (χ3n) is 2.67. The summed E-state index contributed by atoms with van der Waals surface area (Å²) in [6, 6.07) is 12.8. The molecule has 0 amide bonds. The minimum absolute atomic E-state index is 0.0428. The second-order valence-electron chi connectivity index (χ2n) is 4.36. The number of thioether (sulfide) groups is 1. The van der Waals surface area contributed by atoms with Gasteiger partial charge in [-0.2, -0.15) is 0 Å². The first-order chi connectivity index (χ1) is 9.13. The molecule has 1 atom stereocenters. The van der Waals surface area contributed by atoms with Crippen LogP contribution in [0.5, 0.6) is 0 Å². The highest BCUT2D eigenvalue weighted by atomic mass is 32.2. The van der Waals surface area contributed by atoms with Crippen molar-refractivity contribution in [1.82, 2.24) is 0 Å². The molecule has 2 N–H and O–H groups in total. The molecule has 0 bridgehead atoms. The van der Waals surface area contributed by atoms with Gasteiger partial charge in [0.2, 0.25) is 0 Å². The molecule has 100 valence electrons. The van der Waals surface area contributed by atoms with Crippen molar-refractivity contribution in [2.45, 2.75) is 17.4 Å². The SMILES string of the molecule is NC(CSc1cccc(F)c1)Cc1ccc(F)cc1. The normalized spacial score (nSPS) is 12.4. The van der Waals surface area contributed by atoms with Gasteiger partial charge in [0.25, 0.3) is 0 Å². The molecule has 0 aliphatic carbocycles. The van der Waals surface area contributed by atoms with E-state index in [0.29, 0.717) is 12.2 Å². The molecule has 4 heteroatoms. The van der Waals surface area contributed by atoms with Crippen LogP contribution in [0.3, 0.4) is 0 Å². The highest BCUT2D eigenvalue weighted by Gasteiger charge is 2.06. The molecule has 0 saturated heterocycles. The molecular weight excluding hydrogens is 264 g/mol. The molecule has 0 aliphatic rings. The molecule has 2 rings (SSSR count). The Morgan fingerprint density at radius 1 is 1.00 bits per heavy atom. The number of nitrogens with two attached hydrogens (primary N) is 1. The summed E-state index contributed by atoms with van der Waals surface area (Å²) in [5.41, 5.74) is 7.03. The van der Waals surface area contributed by atoms with E-state index in [1.54, 1.807) is 18.2 Å². The van der Waals surface area contributed by atoms with Crippen LogP contribution in [0.15, 0.2) is 53.4 Å². The Balaban J connectivity index is 1.84. The lowest BCUT2D eigenvalue weighted by Crippen LogP contribution is -2.25. The summed E-state index contributed by atoms with van der Waals surface area (Å²) in [5, 5.41) is 0. The van der Waals surface area contributed by atoms with E-state index in [4.69, 9.17) is 5.73 Å². The fourth-order valence-corrected chi connectivity index (χ4v) is 2.64. The van der Waals surface area contributed by atoms with Gasteiger partial charge in [-0.15, -0.1) is 11.8 Å². The predicted molar refractivity (Wildman–Crippen MR) is 75.2 cm³/mol. The van der Waals surface area contributed by atoms with Crippen LogP contribution < -0.4 is 5.73 Å². The largest absolute Gasteiger partial charge is 0.327 e. The van der Waals surface area contributed by atoms with Crippen molar-refractivity contribution < 1.29 is 8.78 Å². The minimum Gasteiger partial charge on any atom is -0.327 e. The van der Waals surface area contributed by atoms with Crippen molar-refractivity contribution >= 4 is 11.8 Å². The monoisotopic (exact) mass is 279 g/mol. The Morgan fingerprint density at radius 2 is 1.74 bits per heavy atom. The Morgan fingerprint density at radius 3 is 2.42 bits per heavy atom. The first-order valence-electron chi connectivity index (χ1n) is 6.02. The summed E-state index contributed by atoms with van der Waals surface area (Å²) in [5.74, 6) is 0.212. The summed E-state index contributed by atoms with van der Waals surface area (Å²) in [6.07, 6.45) is 0.683. The van der Waals surface area contributed by atoms with Gasteiger partial charge in [0, 0.05) is 16.7 Å². The molecule has 1 nitrogen and oxygen atoms in total. The van der Waals surface area contributed by atoms with Gasteiger partial charge in [0.1, 0.15) is 11.6 Å². The zero-order chi connectivity index (χ0) is 13.7. The number of rotatable bonds is 5. The third-order valence-corrected chi connectivity index (χ3v) is 3.85. The molecule has 0 fully saturated rings. The van der Waals surface area contributed by atoms with E-state index in [1.165, 1.54) is 36.0 Å². The van der Waals surface area contributed by atoms with Crippen LogP contribution in [0.4, 0.5) is 8.78 Å². The van der Waals surface area contributed by atoms with E-state index in [1.807, 2.05) is 6.07 Å². The average molecular weight is 279 g/mol. The van der Waals surface area contributed by atoms with Gasteiger partial charge in [-0.05, 0) is 42.3 Å². The Hall–Kier alpha value is -1.39. The zero-order valence-electron chi connectivity index (χ0n) is 10.4. The lowest BCUT2D eigenvalue weighted by atomic mass is 10.1. The Labute approximate surface area is 115 Å². The van der Waals surface area contributed by atoms with Crippen LogP contribution in [0, 0.1) is 11.6 Å². The van der Waals surface area contributed by atoms with Crippen molar-refractivity contribution in [3.8, 4) is 0 Å². The molecule has 2 aromatic carbocycles. The van der Waals surface area contributed by atoms with Gasteiger partial charge in [-0.3, -0.25) is 0 Å². The summed E-state index contributed by atoms with van der Waals surface area (Å²) in [4.78, 5) is 0.870. The molecule has 0 aliphatic heterocycles. The Kier molecular flexibility index (Phi) is 4.93. The van der Waals surface area contributed by atoms with Gasteiger partial charge in [-0.25, -0.2) is 8.78 Å². The molecule has 0 spiro atoms. The molecule has 0 radical (unpaired) electrons. The number of benzene rings is 2. The maximum atomic E-state index is 13.0. The van der Waals surface area contributed by atoms with Crippen LogP contribution in [-0.2, 0) is 6.42 Å². The predicted octanol–water partition coefficient (Wildman–Crippen LogP) is 3.63. The number of halogens is 2. The molecule has 0 heterocycles. The van der Waals surface area contributed by atoms with Crippen molar-refractivity contribution in [2.75, 3.05) is 5.75 Å². The van der Waals surface area contributed by atoms with Crippen LogP contribution in [0.25, 0.3) is 0 Å². The van der Waals surface area contributed by atoms with Gasteiger partial charge < -0.3 is 5.73 Å². The van der Waals surface area contributed by atoms with Gasteiger partial charge in [-0.1, -0.05) is 18.2 Å². The van der Waals surface area contributed by atoms with Crippen LogP contribution in [-0.4, -0.2) is 11.8 Å². The van der Waals surface area contributed by atoms with Crippen molar-refractivity contribution in [3.05, 3.63) is 65.7 Å². The smallest absolute Gasteiger partial charge is 0.124 e. The quantitative estimate of drug-likeness (QED) is 0.846. The van der Waals surface area contributed by atoms with E-state index < -0.39 is 0 Å². The first-order valence-corrected chi connectivity index (χ1v) is 7.00. The fraction of sp³-hybridized carbons (Fsp3) is 0.200. The minimum atomic E-state index is -0.244. The van der Waals surface area contributed by atoms with E-state index in [2.05, 4.69) is 0 Å². The molecular formula is C15H15F2NS. The summed E-state index contributed by atoms with van der Waals surface area (Å²) >= 11 is 1.53. The first kappa shape index (κ1) is 14.0. The van der Waals surface area contributed by atoms with Crippen LogP contribution >= 0.6 is 11.8 Å². The lowest BCUT2D eigenvalue weighted by Gasteiger charge is -2.11. The van der Waals surface area contributed by atoms with Gasteiger partial charge in [0.05, 0.1) is 0 Å². The topological polar surface area (TPSA) is 26.0 Å². The summed E-state index contributed by atoms with van der Waals surface area (Å²) in [7, 11) is 0. The van der Waals surface area contributed by atoms with E-state index >= 15 is 0 Å². The second kappa shape index (κ2) is 6.68. The maximum Gasteiger partial charge on any atom is 0.124 e. The van der Waals surface area contributed by atoms with Gasteiger partial charge >= 0.3 is 0 Å². The summed E-state index contributed by atoms with van der Waals surface area (Å²) < 4.78 is 25.8. The Bertz CT molecular complexity index is 528. The molecule has 19 heavy (non-hydrogen) atoms. The highest BCUT2D eigenvalue weighted by Crippen LogP contribution is 2.20. The van der Waals surface area contributed by atoms with E-state index in [0.717, 1.165) is 10.5 Å². The van der Waals surface area contributed by atoms with Crippen LogP contribution in [0.1, 0.15) is 5.56 Å². The standard InChI is InChI=1S/C15H15F2NS/c16-12-6-4-11(5-7-12)8-14(18)10-19-15-3-1-2-13(17)9-15/h1-7,9,14H,8,10,18H2. The van der Waals surface area contributed by atoms with Crippen molar-refractivity contribution in [1.29, 1.82) is 0 Å². The zero-order valence-corrected chi connectivity index (χ0v) is 11.2. The maximum absolute atomic E-state index is 13.0. The fourth-order valence-electron chi connectivity index (χ4n) is 1.74. The molecule has 0 aromatic heterocycles. The van der Waals surface area contributed by atoms with Crippen molar-refractivity contribution in [3.63, 3.8) is 0 Å². The summed E-state index contributed by atoms with van der Waals surface area (Å²) in [6.45, 7) is 0. The van der Waals surface area contributed by atoms with E-state index in [9.17, 15) is 8.78 Å². The second-order valence-corrected chi connectivity index (χ2v) is 5.45. The highest BCUT2D eigenvalue weighted by molar-refractivity contribution is 7.99. The number of hydrogen-bond donors (Lipinski definition) is 1. The third kappa shape index (κ3) is 4.65. The molecule has 0 saturated carbocycles. The van der Waals surface area contributed by atoms with Crippen molar-refractivity contribution in [2.24, 2.45) is 5.73 Å². The molecule has 1 unspecified atom stereocenters.